The molecule has 0 atom stereocenters. The van der Waals surface area contributed by atoms with Gasteiger partial charge in [0, 0.05) is 17.6 Å². The van der Waals surface area contributed by atoms with Crippen LogP contribution in [0.4, 0.5) is 4.39 Å². The number of carboxylic acid groups (broad SMARTS) is 1. The number of oxime groups is 1. The van der Waals surface area contributed by atoms with Crippen molar-refractivity contribution < 1.29 is 58.2 Å². The zero-order valence-electron chi connectivity index (χ0n) is 18.6. The van der Waals surface area contributed by atoms with Gasteiger partial charge in [0.15, 0.2) is 0 Å². The number of halogens is 1. The van der Waals surface area contributed by atoms with E-state index in [1.807, 2.05) is 54.6 Å². The number of aryl methyl sites for hydroxylation is 1. The van der Waals surface area contributed by atoms with Crippen molar-refractivity contribution in [3.8, 4) is 11.5 Å². The van der Waals surface area contributed by atoms with Gasteiger partial charge in [0.2, 0.25) is 0 Å². The molecule has 0 fully saturated rings. The maximum absolute atomic E-state index is 14.1. The summed E-state index contributed by atoms with van der Waals surface area (Å²) in [6.07, 6.45) is -0.146. The second-order valence-corrected chi connectivity index (χ2v) is 6.93. The number of aliphatic carboxylic acids is 1. The van der Waals surface area contributed by atoms with Gasteiger partial charge in [0.25, 0.3) is 0 Å². The van der Waals surface area contributed by atoms with Crippen LogP contribution in [-0.4, -0.2) is 25.4 Å². The number of carboxylic acids is 1. The van der Waals surface area contributed by atoms with Crippen molar-refractivity contribution in [3.05, 3.63) is 95.3 Å². The van der Waals surface area contributed by atoms with E-state index in [0.717, 1.165) is 11.1 Å². The minimum atomic E-state index is -1.21. The molecule has 33 heavy (non-hydrogen) atoms. The van der Waals surface area contributed by atoms with Crippen molar-refractivity contribution in [1.82, 2.24) is 0 Å². The quantitative estimate of drug-likeness (QED) is 0.237. The van der Waals surface area contributed by atoms with Crippen LogP contribution in [0, 0.1) is 5.82 Å². The van der Waals surface area contributed by atoms with E-state index in [1.165, 1.54) is 19.2 Å². The molecule has 3 rings (SSSR count). The van der Waals surface area contributed by atoms with Crippen LogP contribution in [0.1, 0.15) is 23.1 Å². The van der Waals surface area contributed by atoms with E-state index in [9.17, 15) is 14.3 Å². The summed E-state index contributed by atoms with van der Waals surface area (Å²) in [5, 5.41) is 14.6. The van der Waals surface area contributed by atoms with E-state index in [4.69, 9.17) is 14.3 Å². The molecule has 0 N–H and O–H groups in total. The van der Waals surface area contributed by atoms with Crippen LogP contribution in [0.2, 0.25) is 0 Å². The number of rotatable bonds is 11. The van der Waals surface area contributed by atoms with Crippen LogP contribution in [0.15, 0.2) is 78.0 Å². The number of benzene rings is 3. The number of hydrogen-bond acceptors (Lipinski definition) is 6. The molecule has 0 aromatic heterocycles. The Kier molecular flexibility index (Phi) is 10.9. The number of hydrogen-bond donors (Lipinski definition) is 0. The van der Waals surface area contributed by atoms with Gasteiger partial charge < -0.3 is 24.2 Å². The van der Waals surface area contributed by atoms with Crippen LogP contribution in [0.25, 0.3) is 0 Å². The predicted molar refractivity (Wildman–Crippen MR) is 116 cm³/mol. The molecule has 3 aromatic carbocycles. The van der Waals surface area contributed by atoms with E-state index >= 15 is 0 Å². The van der Waals surface area contributed by atoms with E-state index in [-0.39, 0.29) is 55.6 Å². The van der Waals surface area contributed by atoms with Crippen LogP contribution in [0.3, 0.4) is 0 Å². The third kappa shape index (κ3) is 8.53. The average molecular weight is 459 g/mol. The molecule has 0 amide bonds. The fourth-order valence-electron chi connectivity index (χ4n) is 2.96. The van der Waals surface area contributed by atoms with Crippen molar-refractivity contribution in [3.63, 3.8) is 0 Å². The van der Waals surface area contributed by atoms with Gasteiger partial charge in [-0.05, 0) is 42.2 Å². The van der Waals surface area contributed by atoms with E-state index in [2.05, 4.69) is 5.16 Å². The van der Waals surface area contributed by atoms with Gasteiger partial charge in [-0.3, -0.25) is 0 Å². The van der Waals surface area contributed by atoms with Crippen molar-refractivity contribution in [1.29, 1.82) is 0 Å². The summed E-state index contributed by atoms with van der Waals surface area (Å²) >= 11 is 0. The molecule has 0 aliphatic heterocycles. The van der Waals surface area contributed by atoms with Crippen molar-refractivity contribution in [2.75, 3.05) is 13.7 Å². The van der Waals surface area contributed by atoms with Crippen molar-refractivity contribution in [2.24, 2.45) is 5.16 Å². The Morgan fingerprint density at radius 2 is 1.67 bits per heavy atom. The molecule has 0 radical (unpaired) electrons. The van der Waals surface area contributed by atoms with Crippen molar-refractivity contribution >= 4 is 11.7 Å². The molecule has 0 bridgehead atoms. The third-order valence-electron chi connectivity index (χ3n) is 4.64. The normalized spacial score (nSPS) is 10.8. The first-order valence-corrected chi connectivity index (χ1v) is 10.0. The Morgan fingerprint density at radius 1 is 0.970 bits per heavy atom. The summed E-state index contributed by atoms with van der Waals surface area (Å²) in [6.45, 7) is 0.496. The summed E-state index contributed by atoms with van der Waals surface area (Å²) in [5.74, 6) is -0.682. The standard InChI is InChI=1S/C25H24FNO5.Na/c1-30-27-24(20-5-3-2-4-6-20)17-32-21-11-7-18(8-12-21)16-31-22-13-9-19(23(26)15-22)10-14-25(28)29;/h2-9,11-13,15H,10,14,16-17H2,1H3,(H,28,29);/q;+1/p-1. The molecule has 166 valence electrons. The van der Waals surface area contributed by atoms with E-state index in [0.29, 0.717) is 22.8 Å². The minimum absolute atomic E-state index is 0. The number of carbonyl (C=O) groups is 1. The molecular weight excluding hydrogens is 436 g/mol. The van der Waals surface area contributed by atoms with Crippen LogP contribution in [-0.2, 0) is 22.7 Å². The Labute approximate surface area is 214 Å². The maximum atomic E-state index is 14.1. The second-order valence-electron chi connectivity index (χ2n) is 6.93. The van der Waals surface area contributed by atoms with Gasteiger partial charge in [0.05, 0.1) is 0 Å². The molecule has 0 saturated carbocycles. The van der Waals surface area contributed by atoms with Gasteiger partial charge in [-0.1, -0.05) is 53.7 Å². The zero-order chi connectivity index (χ0) is 22.8. The Balaban J connectivity index is 0.00000385. The number of nitrogens with zero attached hydrogens (tertiary/aromatic N) is 1. The molecule has 0 spiro atoms. The van der Waals surface area contributed by atoms with Gasteiger partial charge in [-0.15, -0.1) is 0 Å². The van der Waals surface area contributed by atoms with E-state index < -0.39 is 11.8 Å². The summed E-state index contributed by atoms with van der Waals surface area (Å²) in [7, 11) is 1.49. The maximum Gasteiger partial charge on any atom is 1.00 e. The van der Waals surface area contributed by atoms with Gasteiger partial charge >= 0.3 is 29.6 Å². The second kappa shape index (κ2) is 13.6. The first-order chi connectivity index (χ1) is 15.5. The summed E-state index contributed by atoms with van der Waals surface area (Å²) < 4.78 is 25.5. The van der Waals surface area contributed by atoms with Gasteiger partial charge in [-0.2, -0.15) is 0 Å². The molecule has 8 heteroatoms. The molecular formula is C25H23FNNaO5. The van der Waals surface area contributed by atoms with Crippen molar-refractivity contribution in [2.45, 2.75) is 19.4 Å². The SMILES string of the molecule is CON=C(COc1ccc(COc2ccc(CCC(=O)[O-])c(F)c2)cc1)c1ccccc1.[Na+]. The first kappa shape index (κ1) is 26.4. The molecule has 0 unspecified atom stereocenters. The molecule has 0 saturated heterocycles. The minimum Gasteiger partial charge on any atom is -0.550 e. The predicted octanol–water partition coefficient (Wildman–Crippen LogP) is 0.521. The molecule has 0 aliphatic rings. The number of carbonyl (C=O) groups excluding carboxylic acids is 1. The summed E-state index contributed by atoms with van der Waals surface area (Å²) in [5.41, 5.74) is 2.78. The topological polar surface area (TPSA) is 80.2 Å². The molecule has 6 nitrogen and oxygen atoms in total. The Hall–Kier alpha value is -2.87. The first-order valence-electron chi connectivity index (χ1n) is 10.0. The smallest absolute Gasteiger partial charge is 0.550 e. The largest absolute Gasteiger partial charge is 1.00 e. The molecule has 0 heterocycles. The monoisotopic (exact) mass is 459 g/mol. The third-order valence-corrected chi connectivity index (χ3v) is 4.64. The van der Waals surface area contributed by atoms with Crippen LogP contribution in [0.5, 0.6) is 11.5 Å². The summed E-state index contributed by atoms with van der Waals surface area (Å²) in [4.78, 5) is 15.4. The van der Waals surface area contributed by atoms with E-state index in [1.54, 1.807) is 6.07 Å². The Morgan fingerprint density at radius 3 is 2.30 bits per heavy atom. The van der Waals surface area contributed by atoms with Crippen LogP contribution < -0.4 is 44.1 Å². The molecule has 0 aliphatic carbocycles. The Bertz CT molecular complexity index is 1060. The van der Waals surface area contributed by atoms with Gasteiger partial charge in [0.1, 0.15) is 43.4 Å². The number of ether oxygens (including phenoxy) is 2. The van der Waals surface area contributed by atoms with Gasteiger partial charge in [-0.25, -0.2) is 4.39 Å². The average Bonchev–Trinajstić information content (AvgIpc) is 2.81. The fourth-order valence-corrected chi connectivity index (χ4v) is 2.96. The summed E-state index contributed by atoms with van der Waals surface area (Å²) in [6, 6.07) is 21.4. The zero-order valence-corrected chi connectivity index (χ0v) is 20.6. The molecule has 3 aromatic rings. The van der Waals surface area contributed by atoms with Crippen LogP contribution >= 0.6 is 0 Å². The fraction of sp³-hybridized carbons (Fsp3) is 0.200.